The van der Waals surface area contributed by atoms with E-state index in [1.165, 1.54) is 0 Å². The Bertz CT molecular complexity index is 578. The monoisotopic (exact) mass is 290 g/mol. The number of hydrogen-bond donors (Lipinski definition) is 1. The standard InChI is InChI=1S/C15H18N2O2S/c1-10-4-6-13(7-5-10)19-12(3)15(18)16-8-14-17-11(2)9-20-14/h4-7,9,12H,8H2,1-3H3,(H,16,18)/t12-/m1/s1. The molecule has 0 saturated heterocycles. The Hall–Kier alpha value is -1.88. The zero-order chi connectivity index (χ0) is 14.5. The molecule has 1 aromatic carbocycles. The molecule has 2 rings (SSSR count). The number of nitrogens with one attached hydrogen (secondary N) is 1. The summed E-state index contributed by atoms with van der Waals surface area (Å²) in [6.07, 6.45) is -0.529. The van der Waals surface area contributed by atoms with Crippen molar-refractivity contribution in [3.05, 3.63) is 45.9 Å². The van der Waals surface area contributed by atoms with Crippen molar-refractivity contribution in [2.45, 2.75) is 33.4 Å². The minimum atomic E-state index is -0.529. The summed E-state index contributed by atoms with van der Waals surface area (Å²) in [5.74, 6) is 0.557. The fraction of sp³-hybridized carbons (Fsp3) is 0.333. The van der Waals surface area contributed by atoms with Gasteiger partial charge in [0.2, 0.25) is 0 Å². The van der Waals surface area contributed by atoms with Crippen LogP contribution in [0.1, 0.15) is 23.2 Å². The Morgan fingerprint density at radius 2 is 2.05 bits per heavy atom. The molecule has 1 N–H and O–H groups in total. The summed E-state index contributed by atoms with van der Waals surface area (Å²) in [6.45, 7) is 6.13. The number of amides is 1. The molecule has 20 heavy (non-hydrogen) atoms. The van der Waals surface area contributed by atoms with E-state index in [1.807, 2.05) is 43.5 Å². The molecule has 0 aliphatic rings. The Balaban J connectivity index is 1.84. The van der Waals surface area contributed by atoms with Crippen LogP contribution in [0, 0.1) is 13.8 Å². The number of carbonyl (C=O) groups is 1. The predicted molar refractivity (Wildman–Crippen MR) is 80.0 cm³/mol. The molecule has 0 spiro atoms. The lowest BCUT2D eigenvalue weighted by Gasteiger charge is -2.14. The fourth-order valence-corrected chi connectivity index (χ4v) is 2.38. The van der Waals surface area contributed by atoms with E-state index in [2.05, 4.69) is 10.3 Å². The van der Waals surface area contributed by atoms with E-state index in [-0.39, 0.29) is 5.91 Å². The molecule has 0 aliphatic heterocycles. The van der Waals surface area contributed by atoms with Gasteiger partial charge < -0.3 is 10.1 Å². The number of nitrogens with zero attached hydrogens (tertiary/aromatic N) is 1. The lowest BCUT2D eigenvalue weighted by molar-refractivity contribution is -0.127. The summed E-state index contributed by atoms with van der Waals surface area (Å²) in [7, 11) is 0. The number of aryl methyl sites for hydroxylation is 2. The summed E-state index contributed by atoms with van der Waals surface area (Å²) < 4.78 is 5.60. The molecule has 1 heterocycles. The van der Waals surface area contributed by atoms with Crippen LogP contribution < -0.4 is 10.1 Å². The van der Waals surface area contributed by atoms with Crippen molar-refractivity contribution in [1.82, 2.24) is 10.3 Å². The number of rotatable bonds is 5. The first-order valence-corrected chi connectivity index (χ1v) is 7.34. The second-order valence-electron chi connectivity index (χ2n) is 4.67. The van der Waals surface area contributed by atoms with E-state index < -0.39 is 6.10 Å². The SMILES string of the molecule is Cc1ccc(O[C@H](C)C(=O)NCc2nc(C)cs2)cc1. The first-order valence-electron chi connectivity index (χ1n) is 6.46. The molecule has 2 aromatic rings. The van der Waals surface area contributed by atoms with Gasteiger partial charge in [-0.05, 0) is 32.9 Å². The zero-order valence-corrected chi connectivity index (χ0v) is 12.7. The predicted octanol–water partition coefficient (Wildman–Crippen LogP) is 2.84. The lowest BCUT2D eigenvalue weighted by Crippen LogP contribution is -2.35. The van der Waals surface area contributed by atoms with Gasteiger partial charge in [0, 0.05) is 11.1 Å². The molecular formula is C15H18N2O2S. The largest absolute Gasteiger partial charge is 0.481 e. The van der Waals surface area contributed by atoms with Gasteiger partial charge >= 0.3 is 0 Å². The molecule has 1 amide bonds. The van der Waals surface area contributed by atoms with E-state index in [0.29, 0.717) is 12.3 Å². The highest BCUT2D eigenvalue weighted by Crippen LogP contribution is 2.13. The maximum absolute atomic E-state index is 11.9. The van der Waals surface area contributed by atoms with E-state index in [0.717, 1.165) is 16.3 Å². The number of hydrogen-bond acceptors (Lipinski definition) is 4. The number of aromatic nitrogens is 1. The summed E-state index contributed by atoms with van der Waals surface area (Å²) >= 11 is 1.54. The van der Waals surface area contributed by atoms with E-state index in [1.54, 1.807) is 18.3 Å². The van der Waals surface area contributed by atoms with Crippen molar-refractivity contribution in [2.24, 2.45) is 0 Å². The van der Waals surface area contributed by atoms with Crippen LogP contribution in [0.25, 0.3) is 0 Å². The summed E-state index contributed by atoms with van der Waals surface area (Å²) in [4.78, 5) is 16.2. The molecule has 5 heteroatoms. The van der Waals surface area contributed by atoms with Gasteiger partial charge in [-0.1, -0.05) is 17.7 Å². The third kappa shape index (κ3) is 4.06. The van der Waals surface area contributed by atoms with Gasteiger partial charge in [0.15, 0.2) is 6.10 Å². The number of thiazole rings is 1. The summed E-state index contributed by atoms with van der Waals surface area (Å²) in [5.41, 5.74) is 2.14. The molecule has 4 nitrogen and oxygen atoms in total. The molecule has 0 unspecified atom stereocenters. The van der Waals surface area contributed by atoms with Crippen molar-refractivity contribution in [2.75, 3.05) is 0 Å². The Morgan fingerprint density at radius 3 is 2.65 bits per heavy atom. The normalized spacial score (nSPS) is 11.9. The topological polar surface area (TPSA) is 51.2 Å². The molecule has 106 valence electrons. The zero-order valence-electron chi connectivity index (χ0n) is 11.8. The van der Waals surface area contributed by atoms with Crippen LogP contribution in [-0.2, 0) is 11.3 Å². The third-order valence-electron chi connectivity index (χ3n) is 2.78. The summed E-state index contributed by atoms with van der Waals surface area (Å²) in [6, 6.07) is 7.64. The number of ether oxygens (including phenoxy) is 1. The fourth-order valence-electron chi connectivity index (χ4n) is 1.66. The molecular weight excluding hydrogens is 272 g/mol. The smallest absolute Gasteiger partial charge is 0.261 e. The average molecular weight is 290 g/mol. The van der Waals surface area contributed by atoms with Crippen LogP contribution in [0.3, 0.4) is 0 Å². The van der Waals surface area contributed by atoms with Gasteiger partial charge in [0.25, 0.3) is 5.91 Å². The molecule has 0 bridgehead atoms. The van der Waals surface area contributed by atoms with Crippen LogP contribution >= 0.6 is 11.3 Å². The second kappa shape index (κ2) is 6.52. The van der Waals surface area contributed by atoms with Crippen molar-refractivity contribution in [3.63, 3.8) is 0 Å². The third-order valence-corrected chi connectivity index (χ3v) is 3.75. The maximum Gasteiger partial charge on any atom is 0.261 e. The molecule has 1 aromatic heterocycles. The molecule has 0 fully saturated rings. The van der Waals surface area contributed by atoms with Crippen molar-refractivity contribution in [1.29, 1.82) is 0 Å². The number of carbonyl (C=O) groups excluding carboxylic acids is 1. The van der Waals surface area contributed by atoms with Gasteiger partial charge in [-0.2, -0.15) is 0 Å². The van der Waals surface area contributed by atoms with E-state index in [4.69, 9.17) is 4.74 Å². The van der Waals surface area contributed by atoms with E-state index >= 15 is 0 Å². The van der Waals surface area contributed by atoms with Gasteiger partial charge in [-0.3, -0.25) is 4.79 Å². The Morgan fingerprint density at radius 1 is 1.35 bits per heavy atom. The van der Waals surface area contributed by atoms with Gasteiger partial charge in [-0.25, -0.2) is 4.98 Å². The van der Waals surface area contributed by atoms with E-state index in [9.17, 15) is 4.79 Å². The quantitative estimate of drug-likeness (QED) is 0.921. The molecule has 0 saturated carbocycles. The Kier molecular flexibility index (Phi) is 4.74. The average Bonchev–Trinajstić information content (AvgIpc) is 2.84. The van der Waals surface area contributed by atoms with Crippen molar-refractivity contribution in [3.8, 4) is 5.75 Å². The van der Waals surface area contributed by atoms with Crippen LogP contribution in [-0.4, -0.2) is 17.0 Å². The Labute approximate surface area is 122 Å². The van der Waals surface area contributed by atoms with Crippen molar-refractivity contribution < 1.29 is 9.53 Å². The maximum atomic E-state index is 11.9. The first-order chi connectivity index (χ1) is 9.54. The van der Waals surface area contributed by atoms with Gasteiger partial charge in [0.1, 0.15) is 10.8 Å². The first kappa shape index (κ1) is 14.5. The van der Waals surface area contributed by atoms with Crippen LogP contribution in [0.5, 0.6) is 5.75 Å². The minimum Gasteiger partial charge on any atom is -0.481 e. The highest BCUT2D eigenvalue weighted by Gasteiger charge is 2.14. The second-order valence-corrected chi connectivity index (χ2v) is 5.62. The number of benzene rings is 1. The lowest BCUT2D eigenvalue weighted by atomic mass is 10.2. The van der Waals surface area contributed by atoms with Crippen LogP contribution in [0.4, 0.5) is 0 Å². The molecule has 0 aliphatic carbocycles. The van der Waals surface area contributed by atoms with Crippen molar-refractivity contribution >= 4 is 17.2 Å². The molecule has 1 atom stereocenters. The van der Waals surface area contributed by atoms with Crippen LogP contribution in [0.15, 0.2) is 29.6 Å². The van der Waals surface area contributed by atoms with Gasteiger partial charge in [-0.15, -0.1) is 11.3 Å². The minimum absolute atomic E-state index is 0.140. The van der Waals surface area contributed by atoms with Gasteiger partial charge in [0.05, 0.1) is 6.54 Å². The van der Waals surface area contributed by atoms with Crippen LogP contribution in [0.2, 0.25) is 0 Å². The highest BCUT2D eigenvalue weighted by atomic mass is 32.1. The summed E-state index contributed by atoms with van der Waals surface area (Å²) in [5, 5.41) is 5.69. The molecule has 0 radical (unpaired) electrons. The highest BCUT2D eigenvalue weighted by molar-refractivity contribution is 7.09.